The Hall–Kier alpha value is -3.05. The molecule has 0 spiro atoms. The van der Waals surface area contributed by atoms with E-state index in [1.165, 1.54) is 0 Å². The number of nitrogens with two attached hydrogens (primary N) is 1. The predicted octanol–water partition coefficient (Wildman–Crippen LogP) is 1.21. The molecule has 2 aromatic rings. The van der Waals surface area contributed by atoms with Crippen molar-refractivity contribution in [3.8, 4) is 0 Å². The minimum atomic E-state index is -1.16. The fourth-order valence-corrected chi connectivity index (χ4v) is 3.99. The molecule has 4 unspecified atom stereocenters. The topological polar surface area (TPSA) is 166 Å². The summed E-state index contributed by atoms with van der Waals surface area (Å²) >= 11 is 4.17. The molecule has 0 saturated carbocycles. The number of aromatic nitrogens is 1. The molecule has 1 aromatic carbocycles. The van der Waals surface area contributed by atoms with Gasteiger partial charge in [0.25, 0.3) is 0 Å². The van der Waals surface area contributed by atoms with Crippen LogP contribution in [0, 0.1) is 11.8 Å². The van der Waals surface area contributed by atoms with Crippen molar-refractivity contribution in [1.29, 1.82) is 0 Å². The molecule has 2 rings (SSSR count). The highest BCUT2D eigenvalue weighted by Gasteiger charge is 2.31. The van der Waals surface area contributed by atoms with E-state index in [9.17, 15) is 24.3 Å². The number of carboxylic acid groups (broad SMARTS) is 1. The number of carbonyl (C=O) groups is 4. The van der Waals surface area contributed by atoms with Gasteiger partial charge in [0.2, 0.25) is 17.7 Å². The van der Waals surface area contributed by atoms with E-state index in [4.69, 9.17) is 5.73 Å². The van der Waals surface area contributed by atoms with E-state index in [0.29, 0.717) is 0 Å². The third kappa shape index (κ3) is 7.99. The molecule has 11 heteroatoms. The number of nitrogens with one attached hydrogen (secondary N) is 4. The maximum atomic E-state index is 13.3. The first-order valence-corrected chi connectivity index (χ1v) is 12.6. The lowest BCUT2D eigenvalue weighted by Crippen LogP contribution is -2.58. The second-order valence-electron chi connectivity index (χ2n) is 9.67. The molecule has 0 aliphatic rings. The number of para-hydroxylation sites is 1. The largest absolute Gasteiger partial charge is 0.480 e. The Morgan fingerprint density at radius 2 is 1.53 bits per heavy atom. The molecule has 0 aliphatic carbocycles. The summed E-state index contributed by atoms with van der Waals surface area (Å²) in [5.74, 6) is -3.08. The van der Waals surface area contributed by atoms with Crippen LogP contribution in [0.15, 0.2) is 30.5 Å². The van der Waals surface area contributed by atoms with Gasteiger partial charge in [0.1, 0.15) is 18.1 Å². The number of rotatable bonds is 13. The van der Waals surface area contributed by atoms with Crippen LogP contribution in [0.4, 0.5) is 0 Å². The van der Waals surface area contributed by atoms with Crippen LogP contribution in [0.1, 0.15) is 39.7 Å². The van der Waals surface area contributed by atoms with Gasteiger partial charge in [0, 0.05) is 29.3 Å². The van der Waals surface area contributed by atoms with Gasteiger partial charge in [-0.1, -0.05) is 45.9 Å². The normalized spacial score (nSPS) is 14.8. The minimum Gasteiger partial charge on any atom is -0.480 e. The van der Waals surface area contributed by atoms with E-state index in [2.05, 4.69) is 33.6 Å². The van der Waals surface area contributed by atoms with E-state index in [0.717, 1.165) is 16.5 Å². The van der Waals surface area contributed by atoms with E-state index < -0.39 is 47.9 Å². The summed E-state index contributed by atoms with van der Waals surface area (Å²) in [6.07, 6.45) is 2.16. The van der Waals surface area contributed by atoms with Crippen molar-refractivity contribution in [3.63, 3.8) is 0 Å². The summed E-state index contributed by atoms with van der Waals surface area (Å²) in [5.41, 5.74) is 7.68. The molecule has 1 heterocycles. The molecule has 36 heavy (non-hydrogen) atoms. The maximum absolute atomic E-state index is 13.3. The number of carbonyl (C=O) groups excluding carboxylic acids is 3. The lowest BCUT2D eigenvalue weighted by Gasteiger charge is -2.25. The number of hydrogen-bond acceptors (Lipinski definition) is 6. The lowest BCUT2D eigenvalue weighted by atomic mass is 10.0. The number of fused-ring (bicyclic) bond motifs is 1. The predicted molar refractivity (Wildman–Crippen MR) is 142 cm³/mol. The number of benzene rings is 1. The lowest BCUT2D eigenvalue weighted by molar-refractivity contribution is -0.142. The van der Waals surface area contributed by atoms with Crippen LogP contribution < -0.4 is 21.7 Å². The third-order valence-corrected chi connectivity index (χ3v) is 6.26. The molecule has 0 fully saturated rings. The first-order chi connectivity index (χ1) is 16.9. The highest BCUT2D eigenvalue weighted by atomic mass is 32.1. The van der Waals surface area contributed by atoms with Crippen LogP contribution in [0.2, 0.25) is 0 Å². The van der Waals surface area contributed by atoms with E-state index in [1.807, 2.05) is 38.1 Å². The summed E-state index contributed by atoms with van der Waals surface area (Å²) in [7, 11) is 0. The third-order valence-electron chi connectivity index (χ3n) is 5.89. The van der Waals surface area contributed by atoms with Gasteiger partial charge in [-0.05, 0) is 29.9 Å². The monoisotopic (exact) mass is 519 g/mol. The fourth-order valence-electron chi connectivity index (χ4n) is 3.73. The van der Waals surface area contributed by atoms with Crippen molar-refractivity contribution in [3.05, 3.63) is 36.0 Å². The number of thiol groups is 1. The SMILES string of the molecule is CC(C)CC(NC(=O)C(CS)NC(=O)C(Cc1c[nH]c2ccccc12)NC(=O)C(N)C(C)C)C(=O)O. The van der Waals surface area contributed by atoms with Crippen molar-refractivity contribution < 1.29 is 24.3 Å². The molecule has 4 atom stereocenters. The highest BCUT2D eigenvalue weighted by molar-refractivity contribution is 7.80. The number of hydrogen-bond donors (Lipinski definition) is 7. The van der Waals surface area contributed by atoms with E-state index >= 15 is 0 Å². The number of aromatic amines is 1. The van der Waals surface area contributed by atoms with Crippen LogP contribution in [0.3, 0.4) is 0 Å². The van der Waals surface area contributed by atoms with Gasteiger partial charge in [-0.15, -0.1) is 0 Å². The molecule has 0 saturated heterocycles. The van der Waals surface area contributed by atoms with Crippen LogP contribution in [-0.4, -0.2) is 63.7 Å². The van der Waals surface area contributed by atoms with Crippen LogP contribution in [0.25, 0.3) is 10.9 Å². The number of carboxylic acids is 1. The Morgan fingerprint density at radius 1 is 0.944 bits per heavy atom. The fraction of sp³-hybridized carbons (Fsp3) is 0.520. The average Bonchev–Trinajstić information content (AvgIpc) is 3.23. The summed E-state index contributed by atoms with van der Waals surface area (Å²) < 4.78 is 0. The van der Waals surface area contributed by atoms with E-state index in [1.54, 1.807) is 20.0 Å². The zero-order chi connectivity index (χ0) is 27.0. The Kier molecular flexibility index (Phi) is 10.8. The molecule has 0 radical (unpaired) electrons. The Morgan fingerprint density at radius 3 is 2.11 bits per heavy atom. The van der Waals surface area contributed by atoms with Gasteiger partial charge in [0.05, 0.1) is 6.04 Å². The van der Waals surface area contributed by atoms with Gasteiger partial charge in [-0.3, -0.25) is 14.4 Å². The highest BCUT2D eigenvalue weighted by Crippen LogP contribution is 2.19. The van der Waals surface area contributed by atoms with Crippen LogP contribution >= 0.6 is 12.6 Å². The molecule has 10 nitrogen and oxygen atoms in total. The molecule has 0 bridgehead atoms. The van der Waals surface area contributed by atoms with Crippen LogP contribution in [-0.2, 0) is 25.6 Å². The Balaban J connectivity index is 2.23. The summed E-state index contributed by atoms with van der Waals surface area (Å²) in [4.78, 5) is 53.5. The molecular formula is C25H37N5O5S. The number of amides is 3. The molecular weight excluding hydrogens is 482 g/mol. The van der Waals surface area contributed by atoms with Gasteiger partial charge in [0.15, 0.2) is 0 Å². The van der Waals surface area contributed by atoms with Crippen molar-refractivity contribution in [1.82, 2.24) is 20.9 Å². The quantitative estimate of drug-likeness (QED) is 0.196. The van der Waals surface area contributed by atoms with Gasteiger partial charge in [-0.25, -0.2) is 4.79 Å². The molecule has 198 valence electrons. The standard InChI is InChI=1S/C25H37N5O5S/c1-13(2)9-19(25(34)35)29-23(32)20(12-36)30-22(31)18(28-24(33)21(26)14(3)4)10-15-11-27-17-8-6-5-7-16(15)17/h5-8,11,13-14,18-21,27,36H,9-10,12,26H2,1-4H3,(H,28,33)(H,29,32)(H,30,31)(H,34,35). The van der Waals surface area contributed by atoms with Crippen molar-refractivity contribution >= 4 is 47.2 Å². The summed E-state index contributed by atoms with van der Waals surface area (Å²) in [6, 6.07) is 3.52. The van der Waals surface area contributed by atoms with Crippen molar-refractivity contribution in [2.45, 2.75) is 64.7 Å². The Labute approximate surface area is 216 Å². The second-order valence-corrected chi connectivity index (χ2v) is 10.0. The molecule has 1 aromatic heterocycles. The van der Waals surface area contributed by atoms with Gasteiger partial charge < -0.3 is 31.8 Å². The zero-order valence-corrected chi connectivity index (χ0v) is 22.0. The second kappa shape index (κ2) is 13.3. The van der Waals surface area contributed by atoms with Crippen molar-refractivity contribution in [2.24, 2.45) is 17.6 Å². The molecule has 3 amide bonds. The Bertz CT molecular complexity index is 1070. The molecule has 7 N–H and O–H groups in total. The first kappa shape index (κ1) is 29.2. The van der Waals surface area contributed by atoms with E-state index in [-0.39, 0.29) is 30.4 Å². The number of H-pyrrole nitrogens is 1. The smallest absolute Gasteiger partial charge is 0.326 e. The minimum absolute atomic E-state index is 0.0383. The number of aliphatic carboxylic acids is 1. The van der Waals surface area contributed by atoms with Crippen molar-refractivity contribution in [2.75, 3.05) is 5.75 Å². The summed E-state index contributed by atoms with van der Waals surface area (Å²) in [6.45, 7) is 7.30. The average molecular weight is 520 g/mol. The zero-order valence-electron chi connectivity index (χ0n) is 21.1. The maximum Gasteiger partial charge on any atom is 0.326 e. The summed E-state index contributed by atoms with van der Waals surface area (Å²) in [5, 5.41) is 18.1. The van der Waals surface area contributed by atoms with Crippen LogP contribution in [0.5, 0.6) is 0 Å². The first-order valence-electron chi connectivity index (χ1n) is 12.0. The molecule has 0 aliphatic heterocycles. The van der Waals surface area contributed by atoms with Gasteiger partial charge in [-0.2, -0.15) is 12.6 Å². The van der Waals surface area contributed by atoms with Gasteiger partial charge >= 0.3 is 5.97 Å².